The van der Waals surface area contributed by atoms with Crippen molar-refractivity contribution in [1.29, 1.82) is 0 Å². The zero-order chi connectivity index (χ0) is 13.0. The van der Waals surface area contributed by atoms with Crippen LogP contribution in [0.3, 0.4) is 0 Å². The summed E-state index contributed by atoms with van der Waals surface area (Å²) in [6.07, 6.45) is 0. The summed E-state index contributed by atoms with van der Waals surface area (Å²) in [6.45, 7) is 0.253. The molecule has 6 nitrogen and oxygen atoms in total. The Morgan fingerprint density at radius 2 is 2.11 bits per heavy atom. The summed E-state index contributed by atoms with van der Waals surface area (Å²) < 4.78 is 14.8. The lowest BCUT2D eigenvalue weighted by molar-refractivity contribution is -0.257. The molecule has 0 aliphatic carbocycles. The van der Waals surface area contributed by atoms with Gasteiger partial charge in [-0.1, -0.05) is 12.1 Å². The summed E-state index contributed by atoms with van der Waals surface area (Å²) in [5.74, 6) is -0.939. The molecule has 0 bridgehead atoms. The maximum absolute atomic E-state index is 10.4. The van der Waals surface area contributed by atoms with Gasteiger partial charge in [-0.15, -0.1) is 0 Å². The van der Waals surface area contributed by atoms with Gasteiger partial charge in [-0.3, -0.25) is 0 Å². The quantitative estimate of drug-likeness (QED) is 0.771. The van der Waals surface area contributed by atoms with Crippen LogP contribution >= 0.6 is 0 Å². The van der Waals surface area contributed by atoms with Crippen LogP contribution in [0, 0.1) is 0 Å². The Morgan fingerprint density at radius 3 is 2.67 bits per heavy atom. The highest BCUT2D eigenvalue weighted by Crippen LogP contribution is 2.15. The molecule has 6 heteroatoms. The predicted octanol–water partition coefficient (Wildman–Crippen LogP) is 0.626. The second-order valence-electron chi connectivity index (χ2n) is 3.45. The first kappa shape index (κ1) is 12.0. The Hall–Kier alpha value is -2.50. The number of ether oxygens (including phenoxy) is 2. The molecule has 18 heavy (non-hydrogen) atoms. The van der Waals surface area contributed by atoms with Crippen LogP contribution in [0.25, 0.3) is 0 Å². The largest absolute Gasteiger partial charge is 0.541 e. The van der Waals surface area contributed by atoms with Gasteiger partial charge in [0, 0.05) is 0 Å². The zero-order valence-corrected chi connectivity index (χ0v) is 9.58. The number of carbonyl (C=O) groups is 1. The van der Waals surface area contributed by atoms with E-state index >= 15 is 0 Å². The van der Waals surface area contributed by atoms with Crippen molar-refractivity contribution in [2.24, 2.45) is 0 Å². The first-order valence-electron chi connectivity index (χ1n) is 5.13. The van der Waals surface area contributed by atoms with Crippen LogP contribution in [0.1, 0.15) is 16.1 Å². The molecular formula is C12H10NO5-. The number of carboxylic acids is 1. The van der Waals surface area contributed by atoms with Crippen molar-refractivity contribution in [3.8, 4) is 11.6 Å². The predicted molar refractivity (Wildman–Crippen MR) is 58.2 cm³/mol. The summed E-state index contributed by atoms with van der Waals surface area (Å²) in [4.78, 5) is 10.4. The number of carboxylic acid groups (broad SMARTS) is 1. The van der Waals surface area contributed by atoms with Crippen molar-refractivity contribution in [3.05, 3.63) is 41.7 Å². The summed E-state index contributed by atoms with van der Waals surface area (Å²) in [5, 5.41) is 13.9. The van der Waals surface area contributed by atoms with Gasteiger partial charge in [0.15, 0.2) is 5.76 Å². The minimum atomic E-state index is -1.43. The number of hydrogen-bond donors (Lipinski definition) is 0. The van der Waals surface area contributed by atoms with Crippen molar-refractivity contribution in [1.82, 2.24) is 5.16 Å². The molecule has 2 aromatic rings. The molecule has 1 aromatic carbocycles. The van der Waals surface area contributed by atoms with E-state index in [0.717, 1.165) is 11.3 Å². The van der Waals surface area contributed by atoms with Gasteiger partial charge in [0.2, 0.25) is 0 Å². The summed E-state index contributed by atoms with van der Waals surface area (Å²) in [5.41, 5.74) is 0.897. The highest BCUT2D eigenvalue weighted by Gasteiger charge is 2.05. The SMILES string of the molecule is COc1ccc(COc2cc(C(=O)[O-])on2)cc1. The molecule has 1 aromatic heterocycles. The smallest absolute Gasteiger partial charge is 0.255 e. The number of aromatic nitrogens is 1. The van der Waals surface area contributed by atoms with Gasteiger partial charge in [0.05, 0.1) is 13.2 Å². The van der Waals surface area contributed by atoms with Gasteiger partial charge in [0.1, 0.15) is 18.3 Å². The van der Waals surface area contributed by atoms with Crippen molar-refractivity contribution in [2.45, 2.75) is 6.61 Å². The average Bonchev–Trinajstić information content (AvgIpc) is 2.86. The molecule has 0 N–H and O–H groups in total. The lowest BCUT2D eigenvalue weighted by Crippen LogP contribution is -2.21. The number of hydrogen-bond acceptors (Lipinski definition) is 6. The van der Waals surface area contributed by atoms with Crippen molar-refractivity contribution >= 4 is 5.97 Å². The number of methoxy groups -OCH3 is 1. The Balaban J connectivity index is 1.95. The number of benzene rings is 1. The lowest BCUT2D eigenvalue weighted by Gasteiger charge is -2.03. The van der Waals surface area contributed by atoms with E-state index in [1.54, 1.807) is 19.2 Å². The molecule has 1 heterocycles. The van der Waals surface area contributed by atoms with Crippen molar-refractivity contribution < 1.29 is 23.9 Å². The third-order valence-electron chi connectivity index (χ3n) is 2.24. The Kier molecular flexibility index (Phi) is 3.47. The van der Waals surface area contributed by atoms with Gasteiger partial charge in [-0.05, 0) is 22.9 Å². The average molecular weight is 248 g/mol. The van der Waals surface area contributed by atoms with Gasteiger partial charge in [-0.2, -0.15) is 0 Å². The number of carbonyl (C=O) groups excluding carboxylic acids is 1. The van der Waals surface area contributed by atoms with Gasteiger partial charge >= 0.3 is 0 Å². The van der Waals surface area contributed by atoms with Gasteiger partial charge in [0.25, 0.3) is 5.88 Å². The van der Waals surface area contributed by atoms with Crippen LogP contribution in [0.4, 0.5) is 0 Å². The molecule has 94 valence electrons. The molecule has 0 saturated carbocycles. The van der Waals surface area contributed by atoms with Crippen LogP contribution in [0.2, 0.25) is 0 Å². The van der Waals surface area contributed by atoms with E-state index < -0.39 is 5.97 Å². The van der Waals surface area contributed by atoms with Gasteiger partial charge < -0.3 is 23.9 Å². The molecule has 0 amide bonds. The minimum absolute atomic E-state index is 0.102. The number of rotatable bonds is 5. The topological polar surface area (TPSA) is 84.6 Å². The van der Waals surface area contributed by atoms with E-state index in [1.807, 2.05) is 12.1 Å². The summed E-state index contributed by atoms with van der Waals surface area (Å²) in [7, 11) is 1.59. The number of nitrogens with zero attached hydrogens (tertiary/aromatic N) is 1. The van der Waals surface area contributed by atoms with Crippen LogP contribution in [0.15, 0.2) is 34.9 Å². The second kappa shape index (κ2) is 5.22. The third-order valence-corrected chi connectivity index (χ3v) is 2.24. The van der Waals surface area contributed by atoms with Crippen LogP contribution in [0.5, 0.6) is 11.6 Å². The van der Waals surface area contributed by atoms with E-state index in [-0.39, 0.29) is 18.2 Å². The molecule has 0 radical (unpaired) electrons. The molecule has 0 spiro atoms. The lowest BCUT2D eigenvalue weighted by atomic mass is 10.2. The maximum Gasteiger partial charge on any atom is 0.255 e. The van der Waals surface area contributed by atoms with E-state index in [4.69, 9.17) is 9.47 Å². The Morgan fingerprint density at radius 1 is 1.39 bits per heavy atom. The van der Waals surface area contributed by atoms with Crippen molar-refractivity contribution in [3.63, 3.8) is 0 Å². The van der Waals surface area contributed by atoms with Crippen LogP contribution in [-0.4, -0.2) is 18.2 Å². The number of aromatic carboxylic acids is 1. The third kappa shape index (κ3) is 2.79. The molecule has 0 aliphatic heterocycles. The summed E-state index contributed by atoms with van der Waals surface area (Å²) in [6, 6.07) is 8.43. The maximum atomic E-state index is 10.4. The highest BCUT2D eigenvalue weighted by atomic mass is 16.5. The minimum Gasteiger partial charge on any atom is -0.541 e. The first-order chi connectivity index (χ1) is 8.69. The van der Waals surface area contributed by atoms with Crippen LogP contribution in [-0.2, 0) is 6.61 Å². The Labute approximate surface area is 103 Å². The monoisotopic (exact) mass is 248 g/mol. The van der Waals surface area contributed by atoms with E-state index in [1.165, 1.54) is 6.07 Å². The molecular weight excluding hydrogens is 238 g/mol. The molecule has 0 aliphatic rings. The highest BCUT2D eigenvalue weighted by molar-refractivity contribution is 5.82. The van der Waals surface area contributed by atoms with Gasteiger partial charge in [-0.25, -0.2) is 0 Å². The summed E-state index contributed by atoms with van der Waals surface area (Å²) >= 11 is 0. The molecule has 0 saturated heterocycles. The second-order valence-corrected chi connectivity index (χ2v) is 3.45. The fourth-order valence-electron chi connectivity index (χ4n) is 1.30. The van der Waals surface area contributed by atoms with Crippen molar-refractivity contribution in [2.75, 3.05) is 7.11 Å². The Bertz CT molecular complexity index is 532. The van der Waals surface area contributed by atoms with E-state index in [9.17, 15) is 9.90 Å². The van der Waals surface area contributed by atoms with Crippen LogP contribution < -0.4 is 14.6 Å². The van der Waals surface area contributed by atoms with E-state index in [0.29, 0.717) is 0 Å². The molecule has 0 atom stereocenters. The standard InChI is InChI=1S/C12H11NO5/c1-16-9-4-2-8(3-5-9)7-17-11-6-10(12(14)15)18-13-11/h2-6H,7H2,1H3,(H,14,15)/p-1. The normalized spacial score (nSPS) is 10.1. The fraction of sp³-hybridized carbons (Fsp3) is 0.167. The fourth-order valence-corrected chi connectivity index (χ4v) is 1.30. The zero-order valence-electron chi connectivity index (χ0n) is 9.58. The molecule has 2 rings (SSSR count). The molecule has 0 fully saturated rings. The first-order valence-corrected chi connectivity index (χ1v) is 5.13. The van der Waals surface area contributed by atoms with E-state index in [2.05, 4.69) is 9.68 Å². The molecule has 0 unspecified atom stereocenters.